The Morgan fingerprint density at radius 2 is 2.25 bits per heavy atom. The van der Waals surface area contributed by atoms with Crippen LogP contribution in [-0.2, 0) is 0 Å². The molecule has 0 aromatic heterocycles. The van der Waals surface area contributed by atoms with E-state index in [0.29, 0.717) is 18.7 Å². The first-order valence-corrected chi connectivity index (χ1v) is 5.34. The predicted molar refractivity (Wildman–Crippen MR) is 62.0 cm³/mol. The third kappa shape index (κ3) is 3.18. The van der Waals surface area contributed by atoms with Crippen molar-refractivity contribution in [1.29, 1.82) is 0 Å². The van der Waals surface area contributed by atoms with Gasteiger partial charge < -0.3 is 10.6 Å². The largest absolute Gasteiger partial charge is 0.342 e. The van der Waals surface area contributed by atoms with Crippen LogP contribution < -0.4 is 5.73 Å². The number of halogens is 2. The van der Waals surface area contributed by atoms with Gasteiger partial charge in [0.05, 0.1) is 5.02 Å². The summed E-state index contributed by atoms with van der Waals surface area (Å²) in [5, 5.41) is -0.0434. The Hall–Kier alpha value is -1.13. The molecule has 1 rings (SSSR count). The number of carbonyl (C=O) groups excluding carboxylic acids is 1. The van der Waals surface area contributed by atoms with Crippen LogP contribution in [0.1, 0.15) is 16.8 Å². The molecule has 1 amide bonds. The second kappa shape index (κ2) is 5.82. The third-order valence-electron chi connectivity index (χ3n) is 2.21. The highest BCUT2D eigenvalue weighted by Crippen LogP contribution is 2.16. The van der Waals surface area contributed by atoms with Gasteiger partial charge >= 0.3 is 0 Å². The molecule has 0 radical (unpaired) electrons. The number of rotatable bonds is 4. The van der Waals surface area contributed by atoms with Crippen LogP contribution in [0.4, 0.5) is 4.39 Å². The highest BCUT2D eigenvalue weighted by atomic mass is 35.5. The van der Waals surface area contributed by atoms with Crippen LogP contribution in [0.5, 0.6) is 0 Å². The molecule has 0 fully saturated rings. The first-order chi connectivity index (χ1) is 7.56. The summed E-state index contributed by atoms with van der Waals surface area (Å²) >= 11 is 5.60. The molecule has 0 saturated carbocycles. The molecular weight excluding hydrogens is 231 g/mol. The summed E-state index contributed by atoms with van der Waals surface area (Å²) in [4.78, 5) is 13.4. The second-order valence-corrected chi connectivity index (χ2v) is 3.91. The number of carbonyl (C=O) groups is 1. The fourth-order valence-electron chi connectivity index (χ4n) is 1.28. The van der Waals surface area contributed by atoms with Crippen LogP contribution in [0.2, 0.25) is 5.02 Å². The molecular formula is C11H14ClFN2O. The zero-order valence-electron chi connectivity index (χ0n) is 9.04. The van der Waals surface area contributed by atoms with E-state index in [4.69, 9.17) is 17.3 Å². The lowest BCUT2D eigenvalue weighted by Gasteiger charge is -2.16. The molecule has 0 bridgehead atoms. The van der Waals surface area contributed by atoms with E-state index < -0.39 is 5.82 Å². The predicted octanol–water partition coefficient (Wildman–Crippen LogP) is 1.90. The average molecular weight is 245 g/mol. The Morgan fingerprint density at radius 3 is 2.81 bits per heavy atom. The lowest BCUT2D eigenvalue weighted by molar-refractivity contribution is 0.0794. The molecule has 1 aromatic rings. The molecule has 0 aliphatic rings. The van der Waals surface area contributed by atoms with Gasteiger partial charge in [-0.15, -0.1) is 0 Å². The van der Waals surface area contributed by atoms with Crippen molar-refractivity contribution in [3.8, 4) is 0 Å². The van der Waals surface area contributed by atoms with E-state index in [1.54, 1.807) is 7.05 Å². The van der Waals surface area contributed by atoms with Crippen molar-refractivity contribution in [2.24, 2.45) is 5.73 Å². The van der Waals surface area contributed by atoms with Gasteiger partial charge in [0.1, 0.15) is 5.82 Å². The number of amides is 1. The van der Waals surface area contributed by atoms with Crippen LogP contribution >= 0.6 is 11.6 Å². The number of nitrogens with two attached hydrogens (primary N) is 1. The van der Waals surface area contributed by atoms with Gasteiger partial charge in [0.2, 0.25) is 0 Å². The molecule has 3 nitrogen and oxygen atoms in total. The highest BCUT2D eigenvalue weighted by Gasteiger charge is 2.12. The van der Waals surface area contributed by atoms with Crippen LogP contribution in [0.15, 0.2) is 18.2 Å². The molecule has 0 heterocycles. The maximum atomic E-state index is 12.9. The van der Waals surface area contributed by atoms with Gasteiger partial charge in [0.25, 0.3) is 5.91 Å². The Kier molecular flexibility index (Phi) is 4.71. The Balaban J connectivity index is 2.76. The summed E-state index contributed by atoms with van der Waals surface area (Å²) in [5.74, 6) is -0.710. The maximum Gasteiger partial charge on any atom is 0.253 e. The van der Waals surface area contributed by atoms with Gasteiger partial charge in [-0.3, -0.25) is 4.79 Å². The standard InChI is InChI=1S/C11H14ClFN2O/c1-15(6-2-5-14)11(16)8-3-4-10(13)9(12)7-8/h3-4,7H,2,5-6,14H2,1H3. The minimum absolute atomic E-state index is 0.0434. The molecule has 0 saturated heterocycles. The molecule has 2 N–H and O–H groups in total. The molecule has 0 spiro atoms. The van der Waals surface area contributed by atoms with E-state index in [2.05, 4.69) is 0 Å². The van der Waals surface area contributed by atoms with Gasteiger partial charge in [0, 0.05) is 19.2 Å². The van der Waals surface area contributed by atoms with Crippen molar-refractivity contribution in [2.75, 3.05) is 20.1 Å². The minimum Gasteiger partial charge on any atom is -0.342 e. The van der Waals surface area contributed by atoms with Crippen LogP contribution in [-0.4, -0.2) is 30.9 Å². The topological polar surface area (TPSA) is 46.3 Å². The quantitative estimate of drug-likeness (QED) is 0.879. The van der Waals surface area contributed by atoms with Crippen molar-refractivity contribution in [1.82, 2.24) is 4.90 Å². The van der Waals surface area contributed by atoms with Crippen molar-refractivity contribution in [3.05, 3.63) is 34.6 Å². The lowest BCUT2D eigenvalue weighted by atomic mass is 10.2. The van der Waals surface area contributed by atoms with Gasteiger partial charge in [-0.05, 0) is 31.2 Å². The van der Waals surface area contributed by atoms with Crippen molar-refractivity contribution in [2.45, 2.75) is 6.42 Å². The summed E-state index contributed by atoms with van der Waals surface area (Å²) in [7, 11) is 1.68. The van der Waals surface area contributed by atoms with E-state index in [-0.39, 0.29) is 10.9 Å². The Bertz CT molecular complexity index is 384. The van der Waals surface area contributed by atoms with E-state index in [9.17, 15) is 9.18 Å². The van der Waals surface area contributed by atoms with E-state index >= 15 is 0 Å². The molecule has 5 heteroatoms. The molecule has 88 valence electrons. The molecule has 1 aromatic carbocycles. The zero-order chi connectivity index (χ0) is 12.1. The average Bonchev–Trinajstić information content (AvgIpc) is 2.28. The minimum atomic E-state index is -0.525. The molecule has 0 aliphatic heterocycles. The van der Waals surface area contributed by atoms with Gasteiger partial charge in [-0.2, -0.15) is 0 Å². The Labute approximate surface area is 99.0 Å². The highest BCUT2D eigenvalue weighted by molar-refractivity contribution is 6.31. The number of benzene rings is 1. The Morgan fingerprint density at radius 1 is 1.56 bits per heavy atom. The van der Waals surface area contributed by atoms with Crippen molar-refractivity contribution in [3.63, 3.8) is 0 Å². The first-order valence-electron chi connectivity index (χ1n) is 4.97. The number of nitrogens with zero attached hydrogens (tertiary/aromatic N) is 1. The van der Waals surface area contributed by atoms with Crippen LogP contribution in [0.25, 0.3) is 0 Å². The SMILES string of the molecule is CN(CCCN)C(=O)c1ccc(F)c(Cl)c1. The van der Waals surface area contributed by atoms with E-state index in [1.165, 1.54) is 23.1 Å². The monoisotopic (exact) mass is 244 g/mol. The van der Waals surface area contributed by atoms with Crippen LogP contribution in [0.3, 0.4) is 0 Å². The normalized spacial score (nSPS) is 10.2. The summed E-state index contributed by atoms with van der Waals surface area (Å²) in [6.45, 7) is 1.10. The van der Waals surface area contributed by atoms with Gasteiger partial charge in [-0.25, -0.2) is 4.39 Å². The zero-order valence-corrected chi connectivity index (χ0v) is 9.80. The second-order valence-electron chi connectivity index (χ2n) is 3.50. The first kappa shape index (κ1) is 12.9. The maximum absolute atomic E-state index is 12.9. The van der Waals surface area contributed by atoms with Crippen LogP contribution in [0, 0.1) is 5.82 Å². The molecule has 0 aliphatic carbocycles. The summed E-state index contributed by atoms with van der Waals surface area (Å²) in [6.07, 6.45) is 0.733. The summed E-state index contributed by atoms with van der Waals surface area (Å²) in [6, 6.07) is 3.94. The van der Waals surface area contributed by atoms with E-state index in [0.717, 1.165) is 6.42 Å². The van der Waals surface area contributed by atoms with Crippen molar-refractivity contribution < 1.29 is 9.18 Å². The molecule has 0 unspecified atom stereocenters. The third-order valence-corrected chi connectivity index (χ3v) is 2.50. The number of hydrogen-bond acceptors (Lipinski definition) is 2. The van der Waals surface area contributed by atoms with Gasteiger partial charge in [0.15, 0.2) is 0 Å². The lowest BCUT2D eigenvalue weighted by Crippen LogP contribution is -2.28. The fourth-order valence-corrected chi connectivity index (χ4v) is 1.46. The smallest absolute Gasteiger partial charge is 0.253 e. The summed E-state index contributed by atoms with van der Waals surface area (Å²) < 4.78 is 12.9. The van der Waals surface area contributed by atoms with E-state index in [1.807, 2.05) is 0 Å². The fraction of sp³-hybridized carbons (Fsp3) is 0.364. The molecule has 16 heavy (non-hydrogen) atoms. The summed E-state index contributed by atoms with van der Waals surface area (Å²) in [5.41, 5.74) is 5.73. The van der Waals surface area contributed by atoms with Gasteiger partial charge in [-0.1, -0.05) is 11.6 Å². The number of hydrogen-bond donors (Lipinski definition) is 1. The molecule has 0 atom stereocenters. The van der Waals surface area contributed by atoms with Crippen molar-refractivity contribution >= 4 is 17.5 Å².